The first-order chi connectivity index (χ1) is 11.4. The van der Waals surface area contributed by atoms with E-state index in [-0.39, 0.29) is 6.04 Å². The molecule has 4 rings (SSSR count). The first kappa shape index (κ1) is 13.8. The van der Waals surface area contributed by atoms with Gasteiger partial charge in [0.25, 0.3) is 0 Å². The Morgan fingerprint density at radius 2 is 1.65 bits per heavy atom. The van der Waals surface area contributed by atoms with Gasteiger partial charge in [0.05, 0.1) is 11.4 Å². The maximum absolute atomic E-state index is 4.44. The summed E-state index contributed by atoms with van der Waals surface area (Å²) in [5.74, 6) is 0.849. The summed E-state index contributed by atoms with van der Waals surface area (Å²) in [6, 6.07) is 16.5. The number of thiophene rings is 1. The van der Waals surface area contributed by atoms with Crippen LogP contribution in [0.15, 0.2) is 72.6 Å². The van der Waals surface area contributed by atoms with Crippen LogP contribution in [0.3, 0.4) is 0 Å². The lowest BCUT2D eigenvalue weighted by Crippen LogP contribution is -2.13. The Morgan fingerprint density at radius 3 is 2.48 bits per heavy atom. The monoisotopic (exact) mass is 318 g/mol. The highest BCUT2D eigenvalue weighted by molar-refractivity contribution is 7.16. The Morgan fingerprint density at radius 1 is 0.870 bits per heavy atom. The van der Waals surface area contributed by atoms with E-state index in [9.17, 15) is 0 Å². The molecule has 112 valence electrons. The van der Waals surface area contributed by atoms with Gasteiger partial charge in [0.1, 0.15) is 17.0 Å². The lowest BCUT2D eigenvalue weighted by atomic mass is 9.99. The van der Waals surface area contributed by atoms with E-state index in [4.69, 9.17) is 0 Å². The third-order valence-corrected chi connectivity index (χ3v) is 4.54. The third-order valence-electron chi connectivity index (χ3n) is 3.72. The molecule has 0 aliphatic rings. The van der Waals surface area contributed by atoms with Gasteiger partial charge < -0.3 is 5.32 Å². The molecule has 1 N–H and O–H groups in total. The topological polar surface area (TPSA) is 50.7 Å². The van der Waals surface area contributed by atoms with Crippen LogP contribution < -0.4 is 5.32 Å². The second kappa shape index (κ2) is 6.14. The van der Waals surface area contributed by atoms with Gasteiger partial charge in [0, 0.05) is 12.4 Å². The molecule has 0 saturated carbocycles. The normalized spacial score (nSPS) is 12.2. The molecule has 3 aromatic heterocycles. The molecular formula is C18H14N4S. The number of rotatable bonds is 4. The van der Waals surface area contributed by atoms with Crippen molar-refractivity contribution in [1.29, 1.82) is 0 Å². The van der Waals surface area contributed by atoms with Crippen molar-refractivity contribution in [3.8, 4) is 0 Å². The van der Waals surface area contributed by atoms with Gasteiger partial charge in [-0.05, 0) is 34.7 Å². The van der Waals surface area contributed by atoms with Crippen molar-refractivity contribution < 1.29 is 0 Å². The zero-order valence-corrected chi connectivity index (χ0v) is 13.1. The predicted octanol–water partition coefficient (Wildman–Crippen LogP) is 4.29. The highest BCUT2D eigenvalue weighted by Gasteiger charge is 2.16. The van der Waals surface area contributed by atoms with Crippen molar-refractivity contribution in [3.63, 3.8) is 0 Å². The number of hydrogen-bond donors (Lipinski definition) is 1. The third kappa shape index (κ3) is 2.78. The van der Waals surface area contributed by atoms with Gasteiger partial charge in [0.2, 0.25) is 0 Å². The summed E-state index contributed by atoms with van der Waals surface area (Å²) >= 11 is 1.62. The summed E-state index contributed by atoms with van der Waals surface area (Å²) in [4.78, 5) is 13.9. The van der Waals surface area contributed by atoms with Gasteiger partial charge >= 0.3 is 0 Å². The number of fused-ring (bicyclic) bond motifs is 1. The number of nitrogens with one attached hydrogen (secondary N) is 1. The van der Waals surface area contributed by atoms with Crippen LogP contribution >= 0.6 is 11.3 Å². The molecule has 3 heterocycles. The SMILES string of the molecule is c1ccc([C@H](Nc2ncnc3sccc23)c2ccncc2)cc1. The van der Waals surface area contributed by atoms with Crippen LogP contribution in [0.2, 0.25) is 0 Å². The Labute approximate surface area is 137 Å². The van der Waals surface area contributed by atoms with Gasteiger partial charge in [-0.15, -0.1) is 11.3 Å². The van der Waals surface area contributed by atoms with E-state index in [1.54, 1.807) is 17.7 Å². The summed E-state index contributed by atoms with van der Waals surface area (Å²) < 4.78 is 0. The van der Waals surface area contributed by atoms with E-state index >= 15 is 0 Å². The van der Waals surface area contributed by atoms with Gasteiger partial charge in [-0.2, -0.15) is 0 Å². The van der Waals surface area contributed by atoms with Crippen LogP contribution in [0.4, 0.5) is 5.82 Å². The van der Waals surface area contributed by atoms with Crippen LogP contribution in [-0.2, 0) is 0 Å². The predicted molar refractivity (Wildman–Crippen MR) is 93.6 cm³/mol. The van der Waals surface area contributed by atoms with Crippen molar-refractivity contribution in [3.05, 3.63) is 83.8 Å². The van der Waals surface area contributed by atoms with Crippen molar-refractivity contribution >= 4 is 27.4 Å². The van der Waals surface area contributed by atoms with Crippen molar-refractivity contribution in [2.24, 2.45) is 0 Å². The molecule has 0 aliphatic heterocycles. The van der Waals surface area contributed by atoms with E-state index in [0.717, 1.165) is 21.6 Å². The largest absolute Gasteiger partial charge is 0.359 e. The summed E-state index contributed by atoms with van der Waals surface area (Å²) in [6.45, 7) is 0. The Hall–Kier alpha value is -2.79. The zero-order valence-electron chi connectivity index (χ0n) is 12.3. The minimum atomic E-state index is 0.0113. The summed E-state index contributed by atoms with van der Waals surface area (Å²) in [5.41, 5.74) is 2.33. The zero-order chi connectivity index (χ0) is 15.5. The second-order valence-electron chi connectivity index (χ2n) is 5.13. The number of benzene rings is 1. The highest BCUT2D eigenvalue weighted by atomic mass is 32.1. The Balaban J connectivity index is 1.79. The lowest BCUT2D eigenvalue weighted by molar-refractivity contribution is 0.923. The van der Waals surface area contributed by atoms with Gasteiger partial charge in [-0.3, -0.25) is 4.98 Å². The summed E-state index contributed by atoms with van der Waals surface area (Å²) in [7, 11) is 0. The molecule has 0 amide bonds. The average Bonchev–Trinajstić information content (AvgIpc) is 3.11. The van der Waals surface area contributed by atoms with Crippen LogP contribution in [0, 0.1) is 0 Å². The molecule has 23 heavy (non-hydrogen) atoms. The number of pyridine rings is 1. The summed E-state index contributed by atoms with van der Waals surface area (Å²) in [6.07, 6.45) is 5.23. The molecule has 1 atom stereocenters. The van der Waals surface area contributed by atoms with Crippen LogP contribution in [-0.4, -0.2) is 15.0 Å². The molecule has 5 heteroatoms. The first-order valence-electron chi connectivity index (χ1n) is 7.31. The summed E-state index contributed by atoms with van der Waals surface area (Å²) in [5, 5.41) is 6.65. The van der Waals surface area contributed by atoms with Crippen molar-refractivity contribution in [2.45, 2.75) is 6.04 Å². The molecule has 4 nitrogen and oxygen atoms in total. The number of nitrogens with zero attached hydrogens (tertiary/aromatic N) is 3. The first-order valence-corrected chi connectivity index (χ1v) is 8.19. The molecule has 0 spiro atoms. The van der Waals surface area contributed by atoms with E-state index < -0.39 is 0 Å². The number of hydrogen-bond acceptors (Lipinski definition) is 5. The van der Waals surface area contributed by atoms with Gasteiger partial charge in [-0.25, -0.2) is 9.97 Å². The number of anilines is 1. The molecule has 0 saturated heterocycles. The van der Waals surface area contributed by atoms with Crippen LogP contribution in [0.25, 0.3) is 10.2 Å². The molecule has 0 radical (unpaired) electrons. The number of aromatic nitrogens is 3. The van der Waals surface area contributed by atoms with Gasteiger partial charge in [0.15, 0.2) is 0 Å². The van der Waals surface area contributed by atoms with Crippen molar-refractivity contribution in [2.75, 3.05) is 5.32 Å². The molecule has 4 aromatic rings. The molecule has 1 aromatic carbocycles. The second-order valence-corrected chi connectivity index (χ2v) is 6.02. The Kier molecular flexibility index (Phi) is 3.70. The van der Waals surface area contributed by atoms with Crippen molar-refractivity contribution in [1.82, 2.24) is 15.0 Å². The molecule has 0 aliphatic carbocycles. The highest BCUT2D eigenvalue weighted by Crippen LogP contribution is 2.30. The maximum Gasteiger partial charge on any atom is 0.138 e. The van der Waals surface area contributed by atoms with Crippen LogP contribution in [0.5, 0.6) is 0 Å². The fraction of sp³-hybridized carbons (Fsp3) is 0.0556. The smallest absolute Gasteiger partial charge is 0.138 e. The molecule has 0 fully saturated rings. The van der Waals surface area contributed by atoms with E-state index in [0.29, 0.717) is 0 Å². The average molecular weight is 318 g/mol. The van der Waals surface area contributed by atoms with E-state index in [1.165, 1.54) is 5.56 Å². The minimum absolute atomic E-state index is 0.0113. The maximum atomic E-state index is 4.44. The van der Waals surface area contributed by atoms with E-state index in [1.807, 2.05) is 48.1 Å². The molecule has 0 bridgehead atoms. The fourth-order valence-corrected chi connectivity index (χ4v) is 3.34. The fourth-order valence-electron chi connectivity index (χ4n) is 2.60. The standard InChI is InChI=1S/C18H14N4S/c1-2-4-13(5-3-1)16(14-6-9-19-10-7-14)22-17-15-8-11-23-18(15)21-12-20-17/h1-12,16H,(H,20,21,22)/t16-/m0/s1. The Bertz CT molecular complexity index is 866. The molecule has 0 unspecified atom stereocenters. The molecular weight excluding hydrogens is 304 g/mol. The minimum Gasteiger partial charge on any atom is -0.359 e. The van der Waals surface area contributed by atoms with Crippen LogP contribution in [0.1, 0.15) is 17.2 Å². The quantitative estimate of drug-likeness (QED) is 0.610. The lowest BCUT2D eigenvalue weighted by Gasteiger charge is -2.20. The van der Waals surface area contributed by atoms with E-state index in [2.05, 4.69) is 38.5 Å². The van der Waals surface area contributed by atoms with Gasteiger partial charge in [-0.1, -0.05) is 30.3 Å².